The first-order chi connectivity index (χ1) is 13.0. The second kappa shape index (κ2) is 6.68. The smallest absolute Gasteiger partial charge is 0.395 e. The van der Waals surface area contributed by atoms with E-state index in [1.807, 2.05) is 48.7 Å². The zero-order chi connectivity index (χ0) is 18.9. The van der Waals surface area contributed by atoms with E-state index in [1.54, 1.807) is 10.8 Å². The lowest BCUT2D eigenvalue weighted by molar-refractivity contribution is -0.683. The van der Waals surface area contributed by atoms with Crippen LogP contribution in [0.5, 0.6) is 11.5 Å². The highest BCUT2D eigenvalue weighted by Crippen LogP contribution is 2.42. The summed E-state index contributed by atoms with van der Waals surface area (Å²) < 4.78 is 36.6. The fraction of sp³-hybridized carbons (Fsp3) is 0.100. The number of alkyl halides is 2. The average molecular weight is 369 g/mol. The topological polar surface area (TPSA) is 51.4 Å². The first-order valence-electron chi connectivity index (χ1n) is 8.23. The van der Waals surface area contributed by atoms with Gasteiger partial charge in [-0.2, -0.15) is 4.57 Å². The molecule has 2 aromatic carbocycles. The standard InChI is InChI=1S/C20H14F2N2O3/c21-20(22)26-17-9-8-16(11-18(17)27-20)23-19(25)13-24-10-4-7-15(12-24)14-5-2-1-3-6-14/h1-12H,13H2/p+1. The highest BCUT2D eigenvalue weighted by atomic mass is 19.3. The number of nitrogens with one attached hydrogen (secondary N) is 1. The third-order valence-corrected chi connectivity index (χ3v) is 3.98. The number of rotatable bonds is 4. The van der Waals surface area contributed by atoms with Crippen LogP contribution in [0.3, 0.4) is 0 Å². The van der Waals surface area contributed by atoms with E-state index in [2.05, 4.69) is 14.8 Å². The number of ether oxygens (including phenoxy) is 2. The number of pyridine rings is 1. The number of anilines is 1. The van der Waals surface area contributed by atoms with Gasteiger partial charge >= 0.3 is 6.29 Å². The van der Waals surface area contributed by atoms with Gasteiger partial charge in [0.2, 0.25) is 6.54 Å². The zero-order valence-electron chi connectivity index (χ0n) is 14.1. The molecule has 27 heavy (non-hydrogen) atoms. The SMILES string of the molecule is O=C(C[n+]1cccc(-c2ccccc2)c1)Nc1ccc2c(c1)OC(F)(F)O2. The van der Waals surface area contributed by atoms with Crippen molar-refractivity contribution in [1.82, 2.24) is 0 Å². The molecule has 0 bridgehead atoms. The second-order valence-electron chi connectivity index (χ2n) is 6.01. The van der Waals surface area contributed by atoms with Crippen LogP contribution in [-0.2, 0) is 11.3 Å². The summed E-state index contributed by atoms with van der Waals surface area (Å²) in [6, 6.07) is 17.7. The second-order valence-corrected chi connectivity index (χ2v) is 6.01. The number of hydrogen-bond acceptors (Lipinski definition) is 3. The van der Waals surface area contributed by atoms with Crippen molar-refractivity contribution >= 4 is 11.6 Å². The Kier molecular flexibility index (Phi) is 4.19. The third-order valence-electron chi connectivity index (χ3n) is 3.98. The predicted octanol–water partition coefficient (Wildman–Crippen LogP) is 3.60. The minimum atomic E-state index is -3.68. The summed E-state index contributed by atoms with van der Waals surface area (Å²) in [4.78, 5) is 12.3. The molecule has 0 aliphatic carbocycles. The maximum absolute atomic E-state index is 13.1. The predicted molar refractivity (Wildman–Crippen MR) is 93.3 cm³/mol. The van der Waals surface area contributed by atoms with Crippen molar-refractivity contribution in [3.8, 4) is 22.6 Å². The Bertz CT molecular complexity index is 994. The van der Waals surface area contributed by atoms with E-state index >= 15 is 0 Å². The van der Waals surface area contributed by atoms with Crippen LogP contribution in [0.2, 0.25) is 0 Å². The number of nitrogens with zero attached hydrogens (tertiary/aromatic N) is 1. The van der Waals surface area contributed by atoms with Crippen molar-refractivity contribution < 1.29 is 27.6 Å². The fourth-order valence-corrected chi connectivity index (χ4v) is 2.81. The van der Waals surface area contributed by atoms with Gasteiger partial charge in [-0.25, -0.2) is 0 Å². The highest BCUT2D eigenvalue weighted by Gasteiger charge is 2.43. The van der Waals surface area contributed by atoms with Gasteiger partial charge in [0.25, 0.3) is 5.91 Å². The molecule has 0 unspecified atom stereocenters. The van der Waals surface area contributed by atoms with E-state index in [9.17, 15) is 13.6 Å². The van der Waals surface area contributed by atoms with Gasteiger partial charge in [-0.05, 0) is 23.8 Å². The summed E-state index contributed by atoms with van der Waals surface area (Å²) in [6.45, 7) is 0.0747. The average Bonchev–Trinajstić information content (AvgIpc) is 2.95. The van der Waals surface area contributed by atoms with E-state index in [-0.39, 0.29) is 24.0 Å². The van der Waals surface area contributed by atoms with Crippen molar-refractivity contribution in [3.05, 3.63) is 73.1 Å². The number of carbonyl (C=O) groups is 1. The van der Waals surface area contributed by atoms with Gasteiger partial charge in [-0.15, -0.1) is 8.78 Å². The number of hydrogen-bond donors (Lipinski definition) is 1. The van der Waals surface area contributed by atoms with Crippen LogP contribution >= 0.6 is 0 Å². The van der Waals surface area contributed by atoms with Crippen LogP contribution in [0, 0.1) is 0 Å². The number of halogens is 2. The van der Waals surface area contributed by atoms with Crippen molar-refractivity contribution in [3.63, 3.8) is 0 Å². The maximum atomic E-state index is 13.1. The Hall–Kier alpha value is -3.48. The molecule has 2 heterocycles. The minimum Gasteiger partial charge on any atom is -0.395 e. The van der Waals surface area contributed by atoms with Crippen molar-refractivity contribution in [2.45, 2.75) is 12.8 Å². The number of carbonyl (C=O) groups excluding carboxylic acids is 1. The Morgan fingerprint density at radius 2 is 1.70 bits per heavy atom. The van der Waals surface area contributed by atoms with Crippen LogP contribution in [0.4, 0.5) is 14.5 Å². The molecule has 1 aliphatic heterocycles. The first-order valence-corrected chi connectivity index (χ1v) is 8.23. The Morgan fingerprint density at radius 3 is 2.52 bits per heavy atom. The maximum Gasteiger partial charge on any atom is 0.586 e. The molecule has 0 radical (unpaired) electrons. The van der Waals surface area contributed by atoms with Crippen LogP contribution in [0.15, 0.2) is 73.1 Å². The first kappa shape index (κ1) is 17.0. The van der Waals surface area contributed by atoms with E-state index < -0.39 is 6.29 Å². The Morgan fingerprint density at radius 1 is 0.963 bits per heavy atom. The minimum absolute atomic E-state index is 0.0667. The van der Waals surface area contributed by atoms with Gasteiger partial charge in [0, 0.05) is 23.4 Å². The molecule has 7 heteroatoms. The Balaban J connectivity index is 1.45. The molecule has 0 atom stereocenters. The number of fused-ring (bicyclic) bond motifs is 1. The molecule has 0 fully saturated rings. The molecular weight excluding hydrogens is 354 g/mol. The molecule has 4 rings (SSSR count). The van der Waals surface area contributed by atoms with Crippen LogP contribution < -0.4 is 19.4 Å². The molecule has 0 saturated carbocycles. The molecule has 5 nitrogen and oxygen atoms in total. The lowest BCUT2D eigenvalue weighted by atomic mass is 10.1. The summed E-state index contributed by atoms with van der Waals surface area (Å²) in [6.07, 6.45) is -0.0278. The van der Waals surface area contributed by atoms with E-state index in [1.165, 1.54) is 18.2 Å². The molecule has 0 spiro atoms. The van der Waals surface area contributed by atoms with E-state index in [0.717, 1.165) is 11.1 Å². The van der Waals surface area contributed by atoms with Gasteiger partial charge in [0.1, 0.15) is 0 Å². The summed E-state index contributed by atoms with van der Waals surface area (Å²) in [5.41, 5.74) is 2.38. The molecule has 1 aliphatic rings. The fourth-order valence-electron chi connectivity index (χ4n) is 2.81. The monoisotopic (exact) mass is 369 g/mol. The van der Waals surface area contributed by atoms with Gasteiger partial charge in [-0.3, -0.25) is 4.79 Å². The molecule has 1 aromatic heterocycles. The van der Waals surface area contributed by atoms with Crippen molar-refractivity contribution in [2.24, 2.45) is 0 Å². The van der Waals surface area contributed by atoms with Crippen molar-refractivity contribution in [2.75, 3.05) is 5.32 Å². The van der Waals surface area contributed by atoms with Crippen LogP contribution in [-0.4, -0.2) is 12.2 Å². The summed E-state index contributed by atoms with van der Waals surface area (Å²) in [7, 11) is 0. The van der Waals surface area contributed by atoms with E-state index in [4.69, 9.17) is 0 Å². The Labute approximate surface area is 153 Å². The quantitative estimate of drug-likeness (QED) is 0.715. The van der Waals surface area contributed by atoms with Gasteiger partial charge in [-0.1, -0.05) is 30.3 Å². The summed E-state index contributed by atoms with van der Waals surface area (Å²) in [5, 5.41) is 2.67. The van der Waals surface area contributed by atoms with Crippen LogP contribution in [0.1, 0.15) is 0 Å². The lowest BCUT2D eigenvalue weighted by Gasteiger charge is -2.05. The lowest BCUT2D eigenvalue weighted by Crippen LogP contribution is -2.39. The molecule has 1 N–H and O–H groups in total. The number of aromatic nitrogens is 1. The third kappa shape index (κ3) is 3.87. The summed E-state index contributed by atoms with van der Waals surface area (Å²) in [5.74, 6) is -0.477. The van der Waals surface area contributed by atoms with Gasteiger partial charge in [0.15, 0.2) is 23.9 Å². The molecular formula is C20H15F2N2O3+. The molecule has 0 saturated heterocycles. The zero-order valence-corrected chi connectivity index (χ0v) is 14.1. The normalized spacial score (nSPS) is 14.0. The molecule has 3 aromatic rings. The molecule has 1 amide bonds. The summed E-state index contributed by atoms with van der Waals surface area (Å²) >= 11 is 0. The van der Waals surface area contributed by atoms with E-state index in [0.29, 0.717) is 5.69 Å². The highest BCUT2D eigenvalue weighted by molar-refractivity contribution is 5.90. The van der Waals surface area contributed by atoms with Gasteiger partial charge in [0.05, 0.1) is 0 Å². The number of benzene rings is 2. The van der Waals surface area contributed by atoms with Crippen molar-refractivity contribution in [1.29, 1.82) is 0 Å². The molecule has 136 valence electrons. The number of amides is 1. The van der Waals surface area contributed by atoms with Gasteiger partial charge < -0.3 is 14.8 Å². The van der Waals surface area contributed by atoms with Crippen LogP contribution in [0.25, 0.3) is 11.1 Å². The largest absolute Gasteiger partial charge is 0.586 e.